The molecule has 0 bridgehead atoms. The van der Waals surface area contributed by atoms with Gasteiger partial charge in [-0.2, -0.15) is 0 Å². The second kappa shape index (κ2) is 6.02. The number of hydrogen-bond donors (Lipinski definition) is 2. The first-order valence-corrected chi connectivity index (χ1v) is 6.92. The molecule has 0 spiro atoms. The van der Waals surface area contributed by atoms with Crippen LogP contribution in [0.15, 0.2) is 30.3 Å². The lowest BCUT2D eigenvalue weighted by atomic mass is 9.96. The number of pyridine rings is 1. The van der Waals surface area contributed by atoms with E-state index in [1.807, 2.05) is 13.0 Å². The van der Waals surface area contributed by atoms with Crippen molar-refractivity contribution in [2.75, 3.05) is 18.4 Å². The second-order valence-corrected chi connectivity index (χ2v) is 5.45. The van der Waals surface area contributed by atoms with Gasteiger partial charge in [-0.3, -0.25) is 4.98 Å². The summed E-state index contributed by atoms with van der Waals surface area (Å²) in [6, 6.07) is 10.4. The molecule has 0 saturated heterocycles. The summed E-state index contributed by atoms with van der Waals surface area (Å²) in [5, 5.41) is 4.68. The van der Waals surface area contributed by atoms with Gasteiger partial charge in [0.15, 0.2) is 0 Å². The molecule has 0 fully saturated rings. The Labute approximate surface area is 115 Å². The molecule has 0 saturated carbocycles. The number of hydrogen-bond acceptors (Lipinski definition) is 3. The molecule has 102 valence electrons. The molecule has 0 radical (unpaired) electrons. The number of nitrogens with two attached hydrogens (primary N) is 1. The van der Waals surface area contributed by atoms with E-state index in [-0.39, 0.29) is 0 Å². The van der Waals surface area contributed by atoms with Crippen LogP contribution in [0.1, 0.15) is 19.5 Å². The van der Waals surface area contributed by atoms with Crippen molar-refractivity contribution in [3.63, 3.8) is 0 Å². The fourth-order valence-corrected chi connectivity index (χ4v) is 2.22. The molecule has 2 aromatic rings. The van der Waals surface area contributed by atoms with Gasteiger partial charge in [0.1, 0.15) is 0 Å². The van der Waals surface area contributed by atoms with Crippen molar-refractivity contribution in [1.29, 1.82) is 0 Å². The Morgan fingerprint density at radius 3 is 2.68 bits per heavy atom. The van der Waals surface area contributed by atoms with Gasteiger partial charge in [0, 0.05) is 17.6 Å². The molecule has 1 aromatic carbocycles. The van der Waals surface area contributed by atoms with Crippen molar-refractivity contribution in [2.45, 2.75) is 20.8 Å². The van der Waals surface area contributed by atoms with E-state index in [2.05, 4.69) is 48.4 Å². The molecular formula is C16H23N3. The highest BCUT2D eigenvalue weighted by Crippen LogP contribution is 2.22. The van der Waals surface area contributed by atoms with E-state index in [0.29, 0.717) is 18.4 Å². The lowest BCUT2D eigenvalue weighted by Crippen LogP contribution is -2.27. The summed E-state index contributed by atoms with van der Waals surface area (Å²) in [4.78, 5) is 4.63. The van der Waals surface area contributed by atoms with Crippen molar-refractivity contribution < 1.29 is 0 Å². The topological polar surface area (TPSA) is 50.9 Å². The van der Waals surface area contributed by atoms with Gasteiger partial charge in [-0.25, -0.2) is 0 Å². The van der Waals surface area contributed by atoms with Gasteiger partial charge in [0.25, 0.3) is 0 Å². The minimum Gasteiger partial charge on any atom is -0.383 e. The van der Waals surface area contributed by atoms with E-state index in [9.17, 15) is 0 Å². The Morgan fingerprint density at radius 2 is 2.00 bits per heavy atom. The number of aromatic nitrogens is 1. The molecule has 0 amide bonds. The van der Waals surface area contributed by atoms with Crippen molar-refractivity contribution in [3.05, 3.63) is 36.0 Å². The fraction of sp³-hybridized carbons (Fsp3) is 0.438. The normalized spacial score (nSPS) is 12.9. The van der Waals surface area contributed by atoms with Crippen LogP contribution in [-0.2, 0) is 0 Å². The second-order valence-electron chi connectivity index (χ2n) is 5.45. The largest absolute Gasteiger partial charge is 0.383 e. The van der Waals surface area contributed by atoms with Crippen molar-refractivity contribution in [2.24, 2.45) is 17.6 Å². The average molecular weight is 257 g/mol. The van der Waals surface area contributed by atoms with E-state index in [1.165, 1.54) is 5.39 Å². The molecule has 3 nitrogen and oxygen atoms in total. The molecule has 2 rings (SSSR count). The van der Waals surface area contributed by atoms with E-state index >= 15 is 0 Å². The van der Waals surface area contributed by atoms with Crippen LogP contribution in [0, 0.1) is 18.8 Å². The summed E-state index contributed by atoms with van der Waals surface area (Å²) < 4.78 is 0. The van der Waals surface area contributed by atoms with Gasteiger partial charge in [-0.15, -0.1) is 0 Å². The molecule has 0 aliphatic heterocycles. The van der Waals surface area contributed by atoms with E-state index < -0.39 is 0 Å². The molecule has 3 N–H and O–H groups in total. The third-order valence-electron chi connectivity index (χ3n) is 3.66. The molecule has 1 atom stereocenters. The number of nitrogens with one attached hydrogen (secondary N) is 1. The fourth-order valence-electron chi connectivity index (χ4n) is 2.22. The Bertz CT molecular complexity index is 549. The standard InChI is InChI=1S/C16H23N3/c1-11(2)14(9-17)10-18-15-6-4-5-13-8-7-12(3)19-16(13)15/h4-8,11,14,18H,9-10,17H2,1-3H3. The quantitative estimate of drug-likeness (QED) is 0.865. The van der Waals surface area contributed by atoms with Crippen molar-refractivity contribution in [3.8, 4) is 0 Å². The van der Waals surface area contributed by atoms with Gasteiger partial charge < -0.3 is 11.1 Å². The maximum atomic E-state index is 5.82. The van der Waals surface area contributed by atoms with Crippen LogP contribution in [0.2, 0.25) is 0 Å². The summed E-state index contributed by atoms with van der Waals surface area (Å²) in [6.45, 7) is 8.05. The first-order valence-electron chi connectivity index (χ1n) is 6.92. The number of benzene rings is 1. The molecule has 0 aliphatic carbocycles. The minimum atomic E-state index is 0.486. The van der Waals surface area contributed by atoms with Gasteiger partial charge in [0.2, 0.25) is 0 Å². The van der Waals surface area contributed by atoms with E-state index in [4.69, 9.17) is 5.73 Å². The lowest BCUT2D eigenvalue weighted by Gasteiger charge is -2.20. The summed E-state index contributed by atoms with van der Waals surface area (Å²) in [7, 11) is 0. The lowest BCUT2D eigenvalue weighted by molar-refractivity contribution is 0.413. The number of aryl methyl sites for hydroxylation is 1. The third kappa shape index (κ3) is 3.24. The molecule has 19 heavy (non-hydrogen) atoms. The number of fused-ring (bicyclic) bond motifs is 1. The average Bonchev–Trinajstić information content (AvgIpc) is 2.39. The van der Waals surface area contributed by atoms with Gasteiger partial charge in [0.05, 0.1) is 11.2 Å². The molecule has 1 aromatic heterocycles. The minimum absolute atomic E-state index is 0.486. The highest BCUT2D eigenvalue weighted by molar-refractivity contribution is 5.90. The smallest absolute Gasteiger partial charge is 0.0936 e. The molecule has 1 unspecified atom stereocenters. The zero-order chi connectivity index (χ0) is 13.8. The molecule has 0 aliphatic rings. The predicted molar refractivity (Wildman–Crippen MR) is 82.4 cm³/mol. The summed E-state index contributed by atoms with van der Waals surface area (Å²) in [5.41, 5.74) is 9.00. The van der Waals surface area contributed by atoms with Crippen molar-refractivity contribution >= 4 is 16.6 Å². The zero-order valence-corrected chi connectivity index (χ0v) is 12.0. The SMILES string of the molecule is Cc1ccc2cccc(NCC(CN)C(C)C)c2n1. The van der Waals surface area contributed by atoms with Crippen LogP contribution in [0.4, 0.5) is 5.69 Å². The Morgan fingerprint density at radius 1 is 1.21 bits per heavy atom. The highest BCUT2D eigenvalue weighted by Gasteiger charge is 2.11. The van der Waals surface area contributed by atoms with Crippen LogP contribution in [0.3, 0.4) is 0 Å². The Kier molecular flexibility index (Phi) is 4.38. The number of anilines is 1. The number of nitrogens with zero attached hydrogens (tertiary/aromatic N) is 1. The first kappa shape index (κ1) is 13.8. The highest BCUT2D eigenvalue weighted by atomic mass is 14.9. The Hall–Kier alpha value is -1.61. The van der Waals surface area contributed by atoms with E-state index in [1.54, 1.807) is 0 Å². The van der Waals surface area contributed by atoms with Crippen LogP contribution < -0.4 is 11.1 Å². The van der Waals surface area contributed by atoms with E-state index in [0.717, 1.165) is 23.4 Å². The summed E-state index contributed by atoms with van der Waals surface area (Å²) >= 11 is 0. The molecular weight excluding hydrogens is 234 g/mol. The van der Waals surface area contributed by atoms with Crippen LogP contribution in [0.5, 0.6) is 0 Å². The molecule has 1 heterocycles. The predicted octanol–water partition coefficient (Wildman–Crippen LogP) is 3.19. The maximum absolute atomic E-state index is 5.82. The van der Waals surface area contributed by atoms with Gasteiger partial charge in [-0.1, -0.05) is 32.0 Å². The number of rotatable bonds is 5. The van der Waals surface area contributed by atoms with Gasteiger partial charge >= 0.3 is 0 Å². The van der Waals surface area contributed by atoms with Gasteiger partial charge in [-0.05, 0) is 37.4 Å². The van der Waals surface area contributed by atoms with Crippen LogP contribution >= 0.6 is 0 Å². The Balaban J connectivity index is 2.23. The zero-order valence-electron chi connectivity index (χ0n) is 12.0. The summed E-state index contributed by atoms with van der Waals surface area (Å²) in [6.07, 6.45) is 0. The van der Waals surface area contributed by atoms with Crippen molar-refractivity contribution in [1.82, 2.24) is 4.98 Å². The van der Waals surface area contributed by atoms with Crippen LogP contribution in [0.25, 0.3) is 10.9 Å². The first-order chi connectivity index (χ1) is 9.11. The monoisotopic (exact) mass is 257 g/mol. The molecule has 3 heteroatoms. The number of para-hydroxylation sites is 1. The summed E-state index contributed by atoms with van der Waals surface area (Å²) in [5.74, 6) is 1.07. The maximum Gasteiger partial charge on any atom is 0.0936 e. The third-order valence-corrected chi connectivity index (χ3v) is 3.66. The van der Waals surface area contributed by atoms with Crippen LogP contribution in [-0.4, -0.2) is 18.1 Å².